The monoisotopic (exact) mass is 730 g/mol. The largest absolute Gasteiger partial charge is 0.472 e. The number of phosphoric ester groups is 1. The highest BCUT2D eigenvalue weighted by atomic mass is 31.2. The minimum absolute atomic E-state index is 0.0561. The van der Waals surface area contributed by atoms with E-state index in [4.69, 9.17) is 24.3 Å². The normalized spacial score (nSPS) is 17.5. The van der Waals surface area contributed by atoms with Crippen molar-refractivity contribution in [1.29, 1.82) is 0 Å². The molecule has 1 fully saturated rings. The molecule has 0 spiro atoms. The maximum Gasteiger partial charge on any atom is 0.472 e. The first-order valence-electron chi connectivity index (χ1n) is 20.6. The third kappa shape index (κ3) is 29.3. The lowest BCUT2D eigenvalue weighted by Gasteiger charge is -2.19. The van der Waals surface area contributed by atoms with E-state index in [1.165, 1.54) is 103 Å². The van der Waals surface area contributed by atoms with Gasteiger partial charge in [-0.15, -0.1) is 0 Å². The second-order valence-electron chi connectivity index (χ2n) is 14.4. The van der Waals surface area contributed by atoms with Gasteiger partial charge in [0.1, 0.15) is 6.61 Å². The maximum absolute atomic E-state index is 12.6. The summed E-state index contributed by atoms with van der Waals surface area (Å²) in [6.07, 6.45) is 34.3. The number of allylic oxidation sites excluding steroid dienone is 2. The third-order valence-corrected chi connectivity index (χ3v) is 10.6. The van der Waals surface area contributed by atoms with Crippen molar-refractivity contribution < 1.29 is 37.6 Å². The Morgan fingerprint density at radius 2 is 1.16 bits per heavy atom. The van der Waals surface area contributed by atoms with Gasteiger partial charge in [-0.25, -0.2) is 4.57 Å². The summed E-state index contributed by atoms with van der Waals surface area (Å²) in [7, 11) is -4.37. The molecule has 0 saturated heterocycles. The number of esters is 2. The summed E-state index contributed by atoms with van der Waals surface area (Å²) >= 11 is 0. The molecule has 294 valence electrons. The number of phosphoric acid groups is 1. The summed E-state index contributed by atoms with van der Waals surface area (Å²) < 4.78 is 32.8. The van der Waals surface area contributed by atoms with E-state index in [2.05, 4.69) is 26.0 Å². The van der Waals surface area contributed by atoms with E-state index in [0.717, 1.165) is 63.2 Å². The Morgan fingerprint density at radius 3 is 1.72 bits per heavy atom. The molecular formula is C40H76NO8P. The summed E-state index contributed by atoms with van der Waals surface area (Å²) in [6.45, 7) is 3.74. The zero-order valence-corrected chi connectivity index (χ0v) is 33.0. The van der Waals surface area contributed by atoms with Crippen LogP contribution in [0.25, 0.3) is 0 Å². The lowest BCUT2D eigenvalue weighted by Crippen LogP contribution is -2.29. The van der Waals surface area contributed by atoms with E-state index in [1.54, 1.807) is 0 Å². The van der Waals surface area contributed by atoms with E-state index in [-0.39, 0.29) is 38.6 Å². The number of hydrogen-bond acceptors (Lipinski definition) is 8. The lowest BCUT2D eigenvalue weighted by atomic mass is 10.0. The highest BCUT2D eigenvalue weighted by molar-refractivity contribution is 7.47. The summed E-state index contributed by atoms with van der Waals surface area (Å²) in [4.78, 5) is 34.8. The maximum atomic E-state index is 12.6. The molecule has 1 aliphatic rings. The average molecular weight is 730 g/mol. The van der Waals surface area contributed by atoms with Gasteiger partial charge in [0.25, 0.3) is 0 Å². The minimum atomic E-state index is -4.37. The fraction of sp³-hybridized carbons (Fsp3) is 0.900. The molecule has 1 rings (SSSR count). The molecule has 4 atom stereocenters. The molecule has 0 bridgehead atoms. The molecule has 0 aliphatic heterocycles. The molecule has 1 saturated carbocycles. The lowest BCUT2D eigenvalue weighted by molar-refractivity contribution is -0.161. The van der Waals surface area contributed by atoms with Gasteiger partial charge in [-0.2, -0.15) is 0 Å². The molecule has 9 nitrogen and oxygen atoms in total. The number of unbranched alkanes of at least 4 members (excludes halogenated alkanes) is 18. The van der Waals surface area contributed by atoms with Gasteiger partial charge in [-0.1, -0.05) is 142 Å². The van der Waals surface area contributed by atoms with Crippen LogP contribution in [-0.4, -0.2) is 49.3 Å². The van der Waals surface area contributed by atoms with Crippen LogP contribution >= 0.6 is 7.82 Å². The Bertz CT molecular complexity index is 901. The molecule has 0 amide bonds. The van der Waals surface area contributed by atoms with Crippen molar-refractivity contribution in [2.75, 3.05) is 26.4 Å². The molecular weight excluding hydrogens is 653 g/mol. The van der Waals surface area contributed by atoms with Gasteiger partial charge >= 0.3 is 19.8 Å². The number of rotatable bonds is 37. The number of nitrogens with two attached hydrogens (primary N) is 1. The van der Waals surface area contributed by atoms with Crippen molar-refractivity contribution >= 4 is 19.8 Å². The Balaban J connectivity index is 2.21. The highest BCUT2D eigenvalue weighted by Gasteiger charge is 2.35. The first-order chi connectivity index (χ1) is 24.3. The van der Waals surface area contributed by atoms with E-state index >= 15 is 0 Å². The number of carbonyl (C=O) groups excluding carboxylic acids is 2. The summed E-state index contributed by atoms with van der Waals surface area (Å²) in [5, 5.41) is 0. The molecule has 3 N–H and O–H groups in total. The molecule has 0 radical (unpaired) electrons. The van der Waals surface area contributed by atoms with Gasteiger partial charge in [-0.05, 0) is 56.8 Å². The van der Waals surface area contributed by atoms with Crippen molar-refractivity contribution in [1.82, 2.24) is 0 Å². The Morgan fingerprint density at radius 1 is 0.680 bits per heavy atom. The van der Waals surface area contributed by atoms with Gasteiger partial charge in [-0.3, -0.25) is 18.6 Å². The molecule has 1 aliphatic carbocycles. The Hall–Kier alpha value is -1.25. The summed E-state index contributed by atoms with van der Waals surface area (Å²) in [5.41, 5.74) is 5.34. The molecule has 0 heterocycles. The summed E-state index contributed by atoms with van der Waals surface area (Å²) in [5.74, 6) is 1.09. The van der Waals surface area contributed by atoms with Gasteiger partial charge in [0.15, 0.2) is 6.10 Å². The topological polar surface area (TPSA) is 134 Å². The number of carbonyl (C=O) groups is 2. The van der Waals surface area contributed by atoms with Crippen molar-refractivity contribution in [3.8, 4) is 0 Å². The van der Waals surface area contributed by atoms with E-state index in [1.807, 2.05) is 0 Å². The van der Waals surface area contributed by atoms with Gasteiger partial charge < -0.3 is 20.1 Å². The molecule has 4 unspecified atom stereocenters. The van der Waals surface area contributed by atoms with Crippen LogP contribution in [0, 0.1) is 11.8 Å². The third-order valence-electron chi connectivity index (χ3n) is 9.62. The van der Waals surface area contributed by atoms with Crippen LogP contribution in [0.15, 0.2) is 12.2 Å². The number of hydrogen-bond donors (Lipinski definition) is 2. The number of ether oxygens (including phenoxy) is 2. The SMILES string of the molecule is CCCCCC/C=C\CCCCCCCC(=O)OCC(COP(=O)(O)OCCN)OC(=O)CCCCCCCC1CC1CCCCCCCC. The van der Waals surface area contributed by atoms with Crippen LogP contribution in [0.1, 0.15) is 187 Å². The molecule has 0 aromatic rings. The fourth-order valence-corrected chi connectivity index (χ4v) is 7.16. The smallest absolute Gasteiger partial charge is 0.462 e. The zero-order valence-electron chi connectivity index (χ0n) is 32.1. The summed E-state index contributed by atoms with van der Waals surface area (Å²) in [6, 6.07) is 0. The first-order valence-corrected chi connectivity index (χ1v) is 22.1. The van der Waals surface area contributed by atoms with Crippen LogP contribution in [0.5, 0.6) is 0 Å². The predicted molar refractivity (Wildman–Crippen MR) is 204 cm³/mol. The van der Waals surface area contributed by atoms with Crippen LogP contribution in [0.2, 0.25) is 0 Å². The average Bonchev–Trinajstić information content (AvgIpc) is 3.86. The Kier molecular flexibility index (Phi) is 30.3. The van der Waals surface area contributed by atoms with Gasteiger partial charge in [0.05, 0.1) is 13.2 Å². The first kappa shape index (κ1) is 46.8. The van der Waals surface area contributed by atoms with Crippen LogP contribution in [0.3, 0.4) is 0 Å². The van der Waals surface area contributed by atoms with Crippen molar-refractivity contribution in [3.05, 3.63) is 12.2 Å². The second-order valence-corrected chi connectivity index (χ2v) is 15.9. The van der Waals surface area contributed by atoms with E-state index < -0.39 is 26.5 Å². The quantitative estimate of drug-likeness (QED) is 0.0277. The highest BCUT2D eigenvalue weighted by Crippen LogP contribution is 2.46. The van der Waals surface area contributed by atoms with Crippen molar-refractivity contribution in [2.24, 2.45) is 17.6 Å². The predicted octanol–water partition coefficient (Wildman–Crippen LogP) is 10.9. The molecule has 0 aromatic carbocycles. The van der Waals surface area contributed by atoms with Crippen molar-refractivity contribution in [3.63, 3.8) is 0 Å². The van der Waals surface area contributed by atoms with E-state index in [0.29, 0.717) is 6.42 Å². The minimum Gasteiger partial charge on any atom is -0.462 e. The zero-order chi connectivity index (χ0) is 36.5. The van der Waals surface area contributed by atoms with Crippen LogP contribution < -0.4 is 5.73 Å². The van der Waals surface area contributed by atoms with Gasteiger partial charge in [0, 0.05) is 19.4 Å². The fourth-order valence-electron chi connectivity index (χ4n) is 6.40. The second kappa shape index (κ2) is 32.4. The Labute approximate surface area is 306 Å². The van der Waals surface area contributed by atoms with Gasteiger partial charge in [0.2, 0.25) is 0 Å². The van der Waals surface area contributed by atoms with Crippen LogP contribution in [0.4, 0.5) is 0 Å². The van der Waals surface area contributed by atoms with Crippen LogP contribution in [-0.2, 0) is 32.7 Å². The molecule has 50 heavy (non-hydrogen) atoms. The molecule has 10 heteroatoms. The van der Waals surface area contributed by atoms with E-state index in [9.17, 15) is 19.0 Å². The molecule has 0 aromatic heterocycles. The standard InChI is InChI=1S/C40H76NO8P/c1-3-5-7-9-11-12-13-14-15-16-17-21-25-29-39(42)46-34-38(35-48-50(44,45)47-32-31-41)49-40(43)30-26-22-18-20-24-28-37-33-36(37)27-23-19-10-8-6-4-2/h12-13,36-38H,3-11,14-35,41H2,1-2H3,(H,44,45)/b13-12-. The van der Waals surface area contributed by atoms with Crippen molar-refractivity contribution in [2.45, 2.75) is 193 Å².